The van der Waals surface area contributed by atoms with E-state index in [0.717, 1.165) is 0 Å². The molecular weight excluding hydrogens is 379 g/mol. The second kappa shape index (κ2) is 8.87. The quantitative estimate of drug-likeness (QED) is 0.559. The molecule has 2 N–H and O–H groups in total. The minimum atomic E-state index is -0.650. The molecule has 0 aliphatic rings. The number of nitrogens with zero attached hydrogens (tertiary/aromatic N) is 3. The summed E-state index contributed by atoms with van der Waals surface area (Å²) in [6.07, 6.45) is 2.42. The number of aliphatic hydroxyl groups is 1. The molecule has 0 aliphatic heterocycles. The van der Waals surface area contributed by atoms with Gasteiger partial charge in [0.05, 0.1) is 24.9 Å². The zero-order valence-corrected chi connectivity index (χ0v) is 16.4. The molecule has 3 aromatic rings. The van der Waals surface area contributed by atoms with Crippen molar-refractivity contribution in [2.45, 2.75) is 32.9 Å². The fourth-order valence-corrected chi connectivity index (χ4v) is 2.80. The van der Waals surface area contributed by atoms with Crippen LogP contribution in [-0.2, 0) is 4.74 Å². The zero-order chi connectivity index (χ0) is 21.0. The van der Waals surface area contributed by atoms with Gasteiger partial charge in [-0.15, -0.1) is 0 Å². The third-order valence-electron chi connectivity index (χ3n) is 4.15. The summed E-state index contributed by atoms with van der Waals surface area (Å²) in [6, 6.07) is 5.53. The number of aliphatic hydroxyl groups excluding tert-OH is 1. The molecule has 0 aliphatic carbocycles. The Kier molecular flexibility index (Phi) is 6.28. The van der Waals surface area contributed by atoms with E-state index in [1.54, 1.807) is 26.1 Å². The minimum Gasteiger partial charge on any atom is -0.491 e. The van der Waals surface area contributed by atoms with Gasteiger partial charge in [0.2, 0.25) is 0 Å². The number of carbonyl (C=O) groups is 1. The summed E-state index contributed by atoms with van der Waals surface area (Å²) in [5, 5.41) is 16.7. The van der Waals surface area contributed by atoms with Gasteiger partial charge in [-0.05, 0) is 45.0 Å². The number of aromatic nitrogens is 3. The number of ether oxygens (including phenoxy) is 2. The van der Waals surface area contributed by atoms with Crippen molar-refractivity contribution in [3.63, 3.8) is 0 Å². The van der Waals surface area contributed by atoms with Gasteiger partial charge >= 0.3 is 5.97 Å². The van der Waals surface area contributed by atoms with Crippen molar-refractivity contribution < 1.29 is 23.8 Å². The molecule has 1 unspecified atom stereocenters. The molecule has 154 valence electrons. The molecular formula is C20H23FN4O4. The van der Waals surface area contributed by atoms with Crippen LogP contribution >= 0.6 is 0 Å². The molecule has 0 spiro atoms. The highest BCUT2D eigenvalue weighted by molar-refractivity contribution is 5.95. The van der Waals surface area contributed by atoms with Gasteiger partial charge in [0.25, 0.3) is 0 Å². The van der Waals surface area contributed by atoms with E-state index in [9.17, 15) is 14.3 Å². The number of esters is 1. The third-order valence-corrected chi connectivity index (χ3v) is 4.15. The first-order chi connectivity index (χ1) is 13.9. The summed E-state index contributed by atoms with van der Waals surface area (Å²) < 4.78 is 25.9. The summed E-state index contributed by atoms with van der Waals surface area (Å²) in [5.74, 6) is 0.0349. The van der Waals surface area contributed by atoms with Crippen LogP contribution in [0, 0.1) is 5.82 Å². The molecule has 2 aromatic heterocycles. The Morgan fingerprint density at radius 3 is 2.86 bits per heavy atom. The summed E-state index contributed by atoms with van der Waals surface area (Å²) in [5.41, 5.74) is 1.19. The molecule has 2 heterocycles. The largest absolute Gasteiger partial charge is 0.491 e. The Balaban J connectivity index is 1.86. The number of benzene rings is 1. The number of carbonyl (C=O) groups excluding carboxylic acids is 1. The lowest BCUT2D eigenvalue weighted by molar-refractivity contribution is 0.0528. The fourth-order valence-electron chi connectivity index (χ4n) is 2.80. The van der Waals surface area contributed by atoms with Crippen molar-refractivity contribution in [3.05, 3.63) is 53.6 Å². The van der Waals surface area contributed by atoms with Crippen molar-refractivity contribution in [2.24, 2.45) is 0 Å². The van der Waals surface area contributed by atoms with Crippen molar-refractivity contribution in [1.29, 1.82) is 0 Å². The van der Waals surface area contributed by atoms with Crippen LogP contribution in [0.15, 0.2) is 36.7 Å². The maximum Gasteiger partial charge on any atom is 0.343 e. The number of rotatable bonds is 8. The molecule has 1 aromatic carbocycles. The molecule has 0 bridgehead atoms. The van der Waals surface area contributed by atoms with Crippen LogP contribution < -0.4 is 10.1 Å². The summed E-state index contributed by atoms with van der Waals surface area (Å²) >= 11 is 0. The highest BCUT2D eigenvalue weighted by Gasteiger charge is 2.18. The number of hydrogen-bond acceptors (Lipinski definition) is 7. The second-order valence-electron chi connectivity index (χ2n) is 6.57. The SMILES string of the molecule is CCOC(=O)c1cnn2ccc(N[C@H](C)c3cc(F)ccc3OCC(C)O)nc12. The predicted octanol–water partition coefficient (Wildman–Crippen LogP) is 2.98. The lowest BCUT2D eigenvalue weighted by Gasteiger charge is -2.19. The Labute approximate surface area is 167 Å². The standard InChI is InChI=1S/C20H23FN4O4/c1-4-28-20(27)16-10-22-25-8-7-18(24-19(16)25)23-13(3)15-9-14(21)5-6-17(15)29-11-12(2)26/h5-10,12-13,26H,4,11H2,1-3H3,(H,23,24)/t12?,13-/m1/s1. The second-order valence-corrected chi connectivity index (χ2v) is 6.57. The average Bonchev–Trinajstić information content (AvgIpc) is 3.10. The Morgan fingerprint density at radius 2 is 2.14 bits per heavy atom. The highest BCUT2D eigenvalue weighted by atomic mass is 19.1. The van der Waals surface area contributed by atoms with Gasteiger partial charge in [-0.3, -0.25) is 0 Å². The molecule has 2 atom stereocenters. The Bertz CT molecular complexity index is 1010. The van der Waals surface area contributed by atoms with E-state index in [-0.39, 0.29) is 24.8 Å². The van der Waals surface area contributed by atoms with Gasteiger partial charge in [-0.2, -0.15) is 5.10 Å². The number of anilines is 1. The maximum absolute atomic E-state index is 13.8. The number of fused-ring (bicyclic) bond motifs is 1. The average molecular weight is 402 g/mol. The topological polar surface area (TPSA) is 98.0 Å². The summed E-state index contributed by atoms with van der Waals surface area (Å²) in [6.45, 7) is 5.51. The summed E-state index contributed by atoms with van der Waals surface area (Å²) in [4.78, 5) is 16.5. The van der Waals surface area contributed by atoms with E-state index in [1.165, 1.54) is 28.9 Å². The molecule has 0 saturated carbocycles. The van der Waals surface area contributed by atoms with Gasteiger partial charge in [0.1, 0.15) is 29.6 Å². The first-order valence-corrected chi connectivity index (χ1v) is 9.27. The number of nitrogens with one attached hydrogen (secondary N) is 1. The van der Waals surface area contributed by atoms with E-state index in [0.29, 0.717) is 22.8 Å². The lowest BCUT2D eigenvalue weighted by atomic mass is 10.1. The van der Waals surface area contributed by atoms with Crippen LogP contribution in [0.2, 0.25) is 0 Å². The molecule has 0 amide bonds. The van der Waals surface area contributed by atoms with Crippen LogP contribution in [0.4, 0.5) is 10.2 Å². The predicted molar refractivity (Wildman–Crippen MR) is 105 cm³/mol. The molecule has 9 heteroatoms. The molecule has 0 saturated heterocycles. The molecule has 0 fully saturated rings. The fraction of sp³-hybridized carbons (Fsp3) is 0.350. The molecule has 0 radical (unpaired) electrons. The third kappa shape index (κ3) is 4.80. The molecule has 8 nitrogen and oxygen atoms in total. The normalized spacial score (nSPS) is 13.1. The van der Waals surface area contributed by atoms with Gasteiger partial charge in [-0.25, -0.2) is 18.7 Å². The highest BCUT2D eigenvalue weighted by Crippen LogP contribution is 2.29. The van der Waals surface area contributed by atoms with Crippen molar-refractivity contribution >= 4 is 17.4 Å². The van der Waals surface area contributed by atoms with Gasteiger partial charge < -0.3 is 19.9 Å². The molecule has 29 heavy (non-hydrogen) atoms. The summed E-state index contributed by atoms with van der Waals surface area (Å²) in [7, 11) is 0. The van der Waals surface area contributed by atoms with E-state index in [1.807, 2.05) is 6.92 Å². The van der Waals surface area contributed by atoms with Gasteiger partial charge in [0, 0.05) is 11.8 Å². The molecule has 3 rings (SSSR count). The van der Waals surface area contributed by atoms with Crippen molar-refractivity contribution in [3.8, 4) is 5.75 Å². The monoisotopic (exact) mass is 402 g/mol. The van der Waals surface area contributed by atoms with Crippen molar-refractivity contribution in [2.75, 3.05) is 18.5 Å². The Hall–Kier alpha value is -3.20. The van der Waals surface area contributed by atoms with E-state index in [2.05, 4.69) is 15.4 Å². The van der Waals surface area contributed by atoms with E-state index >= 15 is 0 Å². The maximum atomic E-state index is 13.8. The smallest absolute Gasteiger partial charge is 0.343 e. The van der Waals surface area contributed by atoms with Crippen LogP contribution in [0.5, 0.6) is 5.75 Å². The van der Waals surface area contributed by atoms with Crippen LogP contribution in [-0.4, -0.2) is 45.0 Å². The van der Waals surface area contributed by atoms with Crippen LogP contribution in [0.25, 0.3) is 5.65 Å². The van der Waals surface area contributed by atoms with E-state index < -0.39 is 17.9 Å². The minimum absolute atomic E-state index is 0.0916. The zero-order valence-electron chi connectivity index (χ0n) is 16.4. The first-order valence-electron chi connectivity index (χ1n) is 9.27. The number of halogens is 1. The number of hydrogen-bond donors (Lipinski definition) is 2. The van der Waals surface area contributed by atoms with Gasteiger partial charge in [0.15, 0.2) is 5.65 Å². The van der Waals surface area contributed by atoms with Crippen LogP contribution in [0.3, 0.4) is 0 Å². The van der Waals surface area contributed by atoms with Gasteiger partial charge in [-0.1, -0.05) is 0 Å². The Morgan fingerprint density at radius 1 is 1.34 bits per heavy atom. The lowest BCUT2D eigenvalue weighted by Crippen LogP contribution is -2.16. The van der Waals surface area contributed by atoms with Crippen molar-refractivity contribution in [1.82, 2.24) is 14.6 Å². The van der Waals surface area contributed by atoms with Crippen LogP contribution in [0.1, 0.15) is 42.7 Å². The van der Waals surface area contributed by atoms with E-state index in [4.69, 9.17) is 9.47 Å². The first kappa shape index (κ1) is 20.5.